The van der Waals surface area contributed by atoms with Gasteiger partial charge in [-0.3, -0.25) is 14.6 Å². The van der Waals surface area contributed by atoms with E-state index >= 15 is 0 Å². The number of hydrogen-bond acceptors (Lipinski definition) is 6. The summed E-state index contributed by atoms with van der Waals surface area (Å²) in [6.45, 7) is 0. The van der Waals surface area contributed by atoms with Crippen molar-refractivity contribution >= 4 is 58.1 Å². The van der Waals surface area contributed by atoms with E-state index in [-0.39, 0.29) is 27.6 Å². The average molecular weight is 589 g/mol. The number of nitrogens with zero attached hydrogens (tertiary/aromatic N) is 3. The highest BCUT2D eigenvalue weighted by Gasteiger charge is 2.24. The van der Waals surface area contributed by atoms with Gasteiger partial charge in [-0.05, 0) is 11.1 Å². The van der Waals surface area contributed by atoms with E-state index in [1.54, 1.807) is 47.3 Å². The second-order valence-corrected chi connectivity index (χ2v) is 7.89. The number of hydrogen-bond donors (Lipinski definition) is 2. The molecule has 32 heavy (non-hydrogen) atoms. The summed E-state index contributed by atoms with van der Waals surface area (Å²) in [6, 6.07) is 5.43. The highest BCUT2D eigenvalue weighted by Crippen LogP contribution is 2.27. The van der Waals surface area contributed by atoms with Crippen LogP contribution in [0.15, 0.2) is 47.7 Å². The van der Waals surface area contributed by atoms with E-state index in [4.69, 9.17) is 26.3 Å². The third-order valence-corrected chi connectivity index (χ3v) is 5.60. The molecule has 0 aliphatic rings. The molecule has 1 aromatic carbocycles. The van der Waals surface area contributed by atoms with Crippen LogP contribution < -0.4 is 13.9 Å². The summed E-state index contributed by atoms with van der Waals surface area (Å²) in [5.74, 6) is -1.65. The maximum atomic E-state index is 12.5. The molecule has 0 unspecified atom stereocenters. The summed E-state index contributed by atoms with van der Waals surface area (Å²) >= 11 is 13.6. The van der Waals surface area contributed by atoms with Crippen LogP contribution in [0.25, 0.3) is 11.1 Å². The van der Waals surface area contributed by atoms with E-state index in [0.29, 0.717) is 22.4 Å². The Morgan fingerprint density at radius 2 is 1.81 bits per heavy atom. The van der Waals surface area contributed by atoms with Crippen LogP contribution in [0.5, 0.6) is 5.75 Å². The molecule has 0 bridgehead atoms. The number of carboxylic acid groups (broad SMARTS) is 1. The summed E-state index contributed by atoms with van der Waals surface area (Å²) < 4.78 is 6.40. The largest absolute Gasteiger partial charge is 0.480 e. The molecule has 0 fully saturated rings. The molecular weight excluding hydrogens is 574 g/mol. The quantitative estimate of drug-likeness (QED) is 0.406. The Morgan fingerprint density at radius 3 is 2.38 bits per heavy atom. The van der Waals surface area contributed by atoms with Gasteiger partial charge in [-0.2, -0.15) is 5.10 Å². The van der Waals surface area contributed by atoms with Crippen LogP contribution in [-0.2, 0) is 18.3 Å². The van der Waals surface area contributed by atoms with Gasteiger partial charge in [-0.15, -0.1) is 0 Å². The Balaban J connectivity index is 1.83. The van der Waals surface area contributed by atoms with Gasteiger partial charge in [0.1, 0.15) is 6.04 Å². The normalized spacial score (nSPS) is 11.6. The molecule has 0 spiro atoms. The second kappa shape index (κ2) is 10.3. The van der Waals surface area contributed by atoms with Crippen molar-refractivity contribution in [3.8, 4) is 16.9 Å². The zero-order valence-electron chi connectivity index (χ0n) is 16.4. The van der Waals surface area contributed by atoms with Gasteiger partial charge >= 0.3 is 5.97 Å². The van der Waals surface area contributed by atoms with E-state index in [9.17, 15) is 19.5 Å². The molecule has 9 nitrogen and oxygen atoms in total. The van der Waals surface area contributed by atoms with Crippen molar-refractivity contribution < 1.29 is 17.8 Å². The average Bonchev–Trinajstić information content (AvgIpc) is 2.75. The fourth-order valence-corrected chi connectivity index (χ4v) is 3.82. The molecule has 1 atom stereocenters. The number of carboxylic acids is 1. The third-order valence-electron chi connectivity index (χ3n) is 4.55. The topological polar surface area (TPSA) is 123 Å². The smallest absolute Gasteiger partial charge is 0.326 e. The van der Waals surface area contributed by atoms with Gasteiger partial charge in [0.2, 0.25) is 0 Å². The van der Waals surface area contributed by atoms with Gasteiger partial charge in [-0.25, -0.2) is 9.48 Å². The van der Waals surface area contributed by atoms with Gasteiger partial charge in [0.15, 0.2) is 28.8 Å². The van der Waals surface area contributed by atoms with Crippen LogP contribution in [0.4, 0.5) is 0 Å². The van der Waals surface area contributed by atoms with Gasteiger partial charge < -0.3 is 13.5 Å². The first-order valence-electron chi connectivity index (χ1n) is 8.99. The maximum absolute atomic E-state index is 12.5. The molecule has 12 heteroatoms. The lowest BCUT2D eigenvalue weighted by Crippen LogP contribution is -2.42. The number of nitrogens with one attached hydrogen (secondary N) is 1. The van der Waals surface area contributed by atoms with Gasteiger partial charge in [-0.1, -0.05) is 47.5 Å². The molecular formula is C20H15Cl2IN4O5. The molecule has 1 amide bonds. The van der Waals surface area contributed by atoms with Crippen LogP contribution in [0, 0.1) is 0 Å². The van der Waals surface area contributed by atoms with Crippen LogP contribution in [0.2, 0.25) is 10.0 Å². The monoisotopic (exact) mass is 588 g/mol. The molecule has 3 rings (SSSR count). The zero-order valence-corrected chi connectivity index (χ0v) is 20.1. The Morgan fingerprint density at radius 1 is 1.19 bits per heavy atom. The van der Waals surface area contributed by atoms with Crippen LogP contribution in [-0.4, -0.2) is 37.8 Å². The number of aliphatic carboxylic acids is 1. The fourth-order valence-electron chi connectivity index (χ4n) is 2.95. The number of rotatable bonds is 7. The number of pyridine rings is 1. The number of halogens is 3. The summed E-state index contributed by atoms with van der Waals surface area (Å²) in [5, 5.41) is 15.9. The first-order valence-corrected chi connectivity index (χ1v) is 10.6. The van der Waals surface area contributed by atoms with E-state index in [0.717, 1.165) is 0 Å². The Kier molecular flexibility index (Phi) is 7.69. The van der Waals surface area contributed by atoms with Gasteiger partial charge in [0, 0.05) is 25.9 Å². The zero-order chi connectivity index (χ0) is 23.4. The van der Waals surface area contributed by atoms with Crippen molar-refractivity contribution in [2.24, 2.45) is 7.05 Å². The molecule has 166 valence electrons. The number of benzene rings is 1. The lowest BCUT2D eigenvalue weighted by molar-refractivity contribution is -0.139. The highest BCUT2D eigenvalue weighted by atomic mass is 127. The number of carbonyl (C=O) groups excluding carboxylic acids is 1. The molecule has 2 heterocycles. The highest BCUT2D eigenvalue weighted by molar-refractivity contribution is 14.1. The second-order valence-electron chi connectivity index (χ2n) is 6.63. The Hall–Kier alpha value is -2.70. The number of amides is 1. The number of aromatic nitrogens is 3. The van der Waals surface area contributed by atoms with E-state index < -0.39 is 17.9 Å². The van der Waals surface area contributed by atoms with Crippen molar-refractivity contribution in [2.45, 2.75) is 12.5 Å². The fraction of sp³-hybridized carbons (Fsp3) is 0.150. The minimum absolute atomic E-state index is 0.00826. The van der Waals surface area contributed by atoms with Crippen molar-refractivity contribution in [3.63, 3.8) is 0 Å². The van der Waals surface area contributed by atoms with E-state index in [1.165, 1.54) is 30.3 Å². The lowest BCUT2D eigenvalue weighted by atomic mass is 10.0. The molecule has 0 aliphatic carbocycles. The first-order chi connectivity index (χ1) is 15.2. The minimum atomic E-state index is -1.24. The molecule has 3 aromatic rings. The van der Waals surface area contributed by atoms with Crippen molar-refractivity contribution in [3.05, 3.63) is 74.4 Å². The number of carbonyl (C=O) groups is 2. The van der Waals surface area contributed by atoms with Gasteiger partial charge in [0.05, 0.1) is 27.4 Å². The van der Waals surface area contributed by atoms with Crippen LogP contribution >= 0.6 is 46.2 Å². The predicted octanol–water partition coefficient (Wildman–Crippen LogP) is 3.30. The summed E-state index contributed by atoms with van der Waals surface area (Å²) in [6.07, 6.45) is 3.91. The van der Waals surface area contributed by atoms with E-state index in [1.807, 2.05) is 0 Å². The molecule has 0 saturated carbocycles. The third kappa shape index (κ3) is 5.19. The van der Waals surface area contributed by atoms with Crippen molar-refractivity contribution in [1.29, 1.82) is 0 Å². The SMILES string of the molecule is Cn1ncc(OI)c(-c2ccc(C[C@H](NC(=O)c3c(Cl)cncc3Cl)C(=O)O)cc2)c1=O. The van der Waals surface area contributed by atoms with Crippen LogP contribution in [0.1, 0.15) is 15.9 Å². The standard InChI is InChI=1S/C20H15Cl2IN4O5/c1-27-19(29)16(15(32-23)9-25-27)11-4-2-10(3-5-11)6-14(20(30)31)26-18(28)17-12(21)7-24-8-13(17)22/h2-5,7-9,14H,6H2,1H3,(H,26,28)(H,30,31)/t14-/m0/s1. The number of aryl methyl sites for hydroxylation is 1. The van der Waals surface area contributed by atoms with E-state index in [2.05, 4.69) is 15.4 Å². The summed E-state index contributed by atoms with van der Waals surface area (Å²) in [4.78, 5) is 40.5. The minimum Gasteiger partial charge on any atom is -0.480 e. The Bertz CT molecular complexity index is 1210. The summed E-state index contributed by atoms with van der Waals surface area (Å²) in [5.41, 5.74) is 1.14. The molecule has 0 radical (unpaired) electrons. The maximum Gasteiger partial charge on any atom is 0.326 e. The molecule has 2 aromatic heterocycles. The first kappa shape index (κ1) is 24.0. The van der Waals surface area contributed by atoms with Crippen LogP contribution in [0.3, 0.4) is 0 Å². The lowest BCUT2D eigenvalue weighted by Gasteiger charge is -2.16. The molecule has 0 aliphatic heterocycles. The molecule has 0 saturated heterocycles. The summed E-state index contributed by atoms with van der Waals surface area (Å²) in [7, 11) is 1.53. The van der Waals surface area contributed by atoms with Gasteiger partial charge in [0.25, 0.3) is 11.5 Å². The molecule has 2 N–H and O–H groups in total. The van der Waals surface area contributed by atoms with Crippen molar-refractivity contribution in [1.82, 2.24) is 20.1 Å². The Labute approximate surface area is 206 Å². The van der Waals surface area contributed by atoms with Crippen molar-refractivity contribution in [2.75, 3.05) is 0 Å². The predicted molar refractivity (Wildman–Crippen MR) is 126 cm³/mol.